The van der Waals surface area contributed by atoms with Crippen molar-refractivity contribution in [2.24, 2.45) is 11.8 Å². The summed E-state index contributed by atoms with van der Waals surface area (Å²) in [4.78, 5) is 4.48. The van der Waals surface area contributed by atoms with Crippen molar-refractivity contribution in [2.45, 2.75) is 64.3 Å². The van der Waals surface area contributed by atoms with E-state index in [0.29, 0.717) is 6.04 Å². The number of nitrogens with zero attached hydrogens (tertiary/aromatic N) is 1. The van der Waals surface area contributed by atoms with Gasteiger partial charge in [-0.15, -0.1) is 0 Å². The van der Waals surface area contributed by atoms with Crippen LogP contribution in [0.3, 0.4) is 0 Å². The third kappa shape index (κ3) is 4.59. The Morgan fingerprint density at radius 2 is 2.05 bits per heavy atom. The molecule has 0 saturated heterocycles. The van der Waals surface area contributed by atoms with Crippen LogP contribution in [0.2, 0.25) is 0 Å². The molecule has 1 fully saturated rings. The molecule has 1 aliphatic carbocycles. The molecule has 1 N–H and O–H groups in total. The molecule has 1 aromatic heterocycles. The van der Waals surface area contributed by atoms with Crippen LogP contribution in [0.4, 0.5) is 0 Å². The maximum absolute atomic E-state index is 4.48. The van der Waals surface area contributed by atoms with Crippen LogP contribution in [-0.4, -0.2) is 18.1 Å². The summed E-state index contributed by atoms with van der Waals surface area (Å²) in [6.45, 7) is 2.30. The van der Waals surface area contributed by atoms with E-state index in [1.54, 1.807) is 0 Å². The predicted molar refractivity (Wildman–Crippen MR) is 85.8 cm³/mol. The Bertz CT molecular complexity index is 355. The van der Waals surface area contributed by atoms with E-state index in [-0.39, 0.29) is 0 Å². The fourth-order valence-electron chi connectivity index (χ4n) is 3.62. The maximum atomic E-state index is 4.48. The Morgan fingerprint density at radius 3 is 2.65 bits per heavy atom. The van der Waals surface area contributed by atoms with Gasteiger partial charge in [0, 0.05) is 24.4 Å². The van der Waals surface area contributed by atoms with Gasteiger partial charge in [0.2, 0.25) is 0 Å². The largest absolute Gasteiger partial charge is 0.316 e. The molecule has 2 rings (SSSR count). The van der Waals surface area contributed by atoms with Crippen molar-refractivity contribution < 1.29 is 0 Å². The fourth-order valence-corrected chi connectivity index (χ4v) is 3.62. The molecule has 0 aromatic carbocycles. The molecule has 1 aromatic rings. The standard InChI is InChI=1S/C18H30N2/c1-3-4-7-15-9-11-16(12-10-15)18(19-2)14-17-8-5-6-13-20-17/h5-6,8,13,15-16,18-19H,3-4,7,9-12,14H2,1-2H3. The number of hydrogen-bond donors (Lipinski definition) is 1. The van der Waals surface area contributed by atoms with Crippen LogP contribution in [0.15, 0.2) is 24.4 Å². The molecule has 0 radical (unpaired) electrons. The molecule has 112 valence electrons. The molecule has 0 bridgehead atoms. The highest BCUT2D eigenvalue weighted by Crippen LogP contribution is 2.34. The van der Waals surface area contributed by atoms with Crippen molar-refractivity contribution in [1.29, 1.82) is 0 Å². The van der Waals surface area contributed by atoms with Gasteiger partial charge in [-0.3, -0.25) is 4.98 Å². The van der Waals surface area contributed by atoms with E-state index < -0.39 is 0 Å². The lowest BCUT2D eigenvalue weighted by molar-refractivity contribution is 0.215. The van der Waals surface area contributed by atoms with Gasteiger partial charge in [0.15, 0.2) is 0 Å². The highest BCUT2D eigenvalue weighted by atomic mass is 14.9. The zero-order valence-corrected chi connectivity index (χ0v) is 13.1. The monoisotopic (exact) mass is 274 g/mol. The lowest BCUT2D eigenvalue weighted by Gasteiger charge is -2.34. The molecule has 0 spiro atoms. The highest BCUT2D eigenvalue weighted by Gasteiger charge is 2.26. The van der Waals surface area contributed by atoms with E-state index in [2.05, 4.69) is 36.4 Å². The molecular weight excluding hydrogens is 244 g/mol. The summed E-state index contributed by atoms with van der Waals surface area (Å²) in [5.41, 5.74) is 1.22. The Morgan fingerprint density at radius 1 is 1.25 bits per heavy atom. The molecule has 1 atom stereocenters. The first-order chi connectivity index (χ1) is 9.83. The van der Waals surface area contributed by atoms with E-state index in [0.717, 1.165) is 18.3 Å². The van der Waals surface area contributed by atoms with Gasteiger partial charge in [-0.25, -0.2) is 0 Å². The minimum absolute atomic E-state index is 0.594. The van der Waals surface area contributed by atoms with E-state index in [1.807, 2.05) is 12.3 Å². The smallest absolute Gasteiger partial charge is 0.0419 e. The van der Waals surface area contributed by atoms with Gasteiger partial charge in [-0.2, -0.15) is 0 Å². The van der Waals surface area contributed by atoms with Crippen molar-refractivity contribution in [3.05, 3.63) is 30.1 Å². The molecule has 1 heterocycles. The number of pyridine rings is 1. The topological polar surface area (TPSA) is 24.9 Å². The zero-order chi connectivity index (χ0) is 14.2. The van der Waals surface area contributed by atoms with Gasteiger partial charge in [0.25, 0.3) is 0 Å². The summed E-state index contributed by atoms with van der Waals surface area (Å²) in [5.74, 6) is 1.83. The zero-order valence-electron chi connectivity index (χ0n) is 13.1. The first-order valence-electron chi connectivity index (χ1n) is 8.40. The molecule has 2 heteroatoms. The second-order valence-electron chi connectivity index (χ2n) is 6.34. The van der Waals surface area contributed by atoms with Gasteiger partial charge in [0.05, 0.1) is 0 Å². The number of unbranched alkanes of at least 4 members (excludes halogenated alkanes) is 1. The molecule has 20 heavy (non-hydrogen) atoms. The lowest BCUT2D eigenvalue weighted by Crippen LogP contribution is -2.37. The normalized spacial score (nSPS) is 24.5. The molecule has 2 nitrogen and oxygen atoms in total. The molecule has 1 aliphatic rings. The van der Waals surface area contributed by atoms with Crippen LogP contribution in [0.25, 0.3) is 0 Å². The maximum Gasteiger partial charge on any atom is 0.0419 e. The summed E-state index contributed by atoms with van der Waals surface area (Å²) < 4.78 is 0. The molecule has 0 aliphatic heterocycles. The van der Waals surface area contributed by atoms with Crippen LogP contribution in [0, 0.1) is 11.8 Å². The Labute approximate surface area is 124 Å². The second kappa shape index (κ2) is 8.41. The summed E-state index contributed by atoms with van der Waals surface area (Å²) >= 11 is 0. The summed E-state index contributed by atoms with van der Waals surface area (Å²) in [6, 6.07) is 6.84. The van der Waals surface area contributed by atoms with Crippen molar-refractivity contribution >= 4 is 0 Å². The van der Waals surface area contributed by atoms with E-state index >= 15 is 0 Å². The number of hydrogen-bond acceptors (Lipinski definition) is 2. The number of nitrogens with one attached hydrogen (secondary N) is 1. The second-order valence-corrected chi connectivity index (χ2v) is 6.34. The average molecular weight is 274 g/mol. The molecular formula is C18H30N2. The van der Waals surface area contributed by atoms with E-state index in [1.165, 1.54) is 50.6 Å². The van der Waals surface area contributed by atoms with Gasteiger partial charge < -0.3 is 5.32 Å². The molecule has 0 amide bonds. The van der Waals surface area contributed by atoms with Gasteiger partial charge in [-0.1, -0.05) is 45.1 Å². The Hall–Kier alpha value is -0.890. The van der Waals surface area contributed by atoms with Crippen molar-refractivity contribution in [1.82, 2.24) is 10.3 Å². The number of likely N-dealkylation sites (N-methyl/N-ethyl adjacent to an activating group) is 1. The Balaban J connectivity index is 1.81. The van der Waals surface area contributed by atoms with Crippen LogP contribution >= 0.6 is 0 Å². The van der Waals surface area contributed by atoms with E-state index in [9.17, 15) is 0 Å². The minimum atomic E-state index is 0.594. The average Bonchev–Trinajstić information content (AvgIpc) is 2.52. The molecule has 1 saturated carbocycles. The van der Waals surface area contributed by atoms with Crippen LogP contribution < -0.4 is 5.32 Å². The van der Waals surface area contributed by atoms with Crippen molar-refractivity contribution in [3.63, 3.8) is 0 Å². The SMILES string of the molecule is CCCCC1CCC(C(Cc2ccccn2)NC)CC1. The summed E-state index contributed by atoms with van der Waals surface area (Å²) in [6.07, 6.45) is 12.9. The van der Waals surface area contributed by atoms with Crippen LogP contribution in [0.1, 0.15) is 57.6 Å². The Kier molecular flexibility index (Phi) is 6.52. The lowest BCUT2D eigenvalue weighted by atomic mass is 9.76. The fraction of sp³-hybridized carbons (Fsp3) is 0.722. The third-order valence-electron chi connectivity index (χ3n) is 4.95. The van der Waals surface area contributed by atoms with Crippen LogP contribution in [-0.2, 0) is 6.42 Å². The third-order valence-corrected chi connectivity index (χ3v) is 4.95. The summed E-state index contributed by atoms with van der Waals surface area (Å²) in [5, 5.41) is 3.54. The van der Waals surface area contributed by atoms with Crippen LogP contribution in [0.5, 0.6) is 0 Å². The first-order valence-corrected chi connectivity index (χ1v) is 8.40. The van der Waals surface area contributed by atoms with Gasteiger partial charge in [-0.05, 0) is 43.9 Å². The minimum Gasteiger partial charge on any atom is -0.316 e. The quantitative estimate of drug-likeness (QED) is 0.805. The van der Waals surface area contributed by atoms with Gasteiger partial charge in [0.1, 0.15) is 0 Å². The number of rotatable bonds is 7. The highest BCUT2D eigenvalue weighted by molar-refractivity contribution is 5.06. The predicted octanol–water partition coefficient (Wildman–Crippen LogP) is 4.21. The van der Waals surface area contributed by atoms with E-state index in [4.69, 9.17) is 0 Å². The first kappa shape index (κ1) is 15.5. The van der Waals surface area contributed by atoms with Crippen molar-refractivity contribution in [3.8, 4) is 0 Å². The van der Waals surface area contributed by atoms with Crippen molar-refractivity contribution in [2.75, 3.05) is 7.05 Å². The van der Waals surface area contributed by atoms with Gasteiger partial charge >= 0.3 is 0 Å². The molecule has 1 unspecified atom stereocenters. The number of aromatic nitrogens is 1. The summed E-state index contributed by atoms with van der Waals surface area (Å²) in [7, 11) is 2.11.